The van der Waals surface area contributed by atoms with E-state index in [0.29, 0.717) is 42.4 Å². The molecule has 3 heterocycles. The van der Waals surface area contributed by atoms with Gasteiger partial charge in [-0.15, -0.1) is 0 Å². The number of aromatic nitrogens is 2. The van der Waals surface area contributed by atoms with Crippen molar-refractivity contribution >= 4 is 34.8 Å². The molecule has 0 saturated carbocycles. The summed E-state index contributed by atoms with van der Waals surface area (Å²) in [6.07, 6.45) is 3.47. The number of piperazine rings is 1. The van der Waals surface area contributed by atoms with Crippen LogP contribution < -0.4 is 25.0 Å². The smallest absolute Gasteiger partial charge is 0.262 e. The SMILES string of the molecule is Cc1cccc(C)c1NC(=O)c1cnc(Nc2ccc(OCCCN3CCN(C)CC3)c(F)c2)nc1Oc1cccc(N2CCCC2=O)c1. The Labute approximate surface area is 286 Å². The van der Waals surface area contributed by atoms with Gasteiger partial charge in [0.15, 0.2) is 11.6 Å². The van der Waals surface area contributed by atoms with Crippen molar-refractivity contribution in [3.8, 4) is 17.4 Å². The van der Waals surface area contributed by atoms with Gasteiger partial charge in [0.2, 0.25) is 17.7 Å². The zero-order valence-electron chi connectivity index (χ0n) is 28.2. The van der Waals surface area contributed by atoms with E-state index < -0.39 is 11.7 Å². The van der Waals surface area contributed by atoms with E-state index in [1.807, 2.05) is 38.1 Å². The molecule has 0 radical (unpaired) electrons. The van der Waals surface area contributed by atoms with Gasteiger partial charge in [-0.3, -0.25) is 9.59 Å². The van der Waals surface area contributed by atoms with E-state index >= 15 is 4.39 Å². The second kappa shape index (κ2) is 15.4. The first-order valence-corrected chi connectivity index (χ1v) is 16.7. The van der Waals surface area contributed by atoms with Crippen molar-refractivity contribution in [2.45, 2.75) is 33.1 Å². The second-order valence-electron chi connectivity index (χ2n) is 12.5. The number of benzene rings is 3. The van der Waals surface area contributed by atoms with E-state index in [4.69, 9.17) is 9.47 Å². The lowest BCUT2D eigenvalue weighted by atomic mass is 10.1. The van der Waals surface area contributed by atoms with Crippen LogP contribution in [0.1, 0.15) is 40.7 Å². The molecule has 0 spiro atoms. The highest BCUT2D eigenvalue weighted by Gasteiger charge is 2.23. The van der Waals surface area contributed by atoms with E-state index in [1.54, 1.807) is 35.2 Å². The first kappa shape index (κ1) is 33.8. The van der Waals surface area contributed by atoms with E-state index in [-0.39, 0.29) is 29.0 Å². The third-order valence-corrected chi connectivity index (χ3v) is 8.80. The maximum absolute atomic E-state index is 15.1. The Balaban J connectivity index is 1.18. The molecule has 1 aromatic heterocycles. The van der Waals surface area contributed by atoms with Gasteiger partial charge < -0.3 is 34.8 Å². The minimum Gasteiger partial charge on any atom is -0.490 e. The van der Waals surface area contributed by atoms with Crippen LogP contribution in [-0.4, -0.2) is 84.5 Å². The monoisotopic (exact) mass is 667 g/mol. The number of rotatable bonds is 12. The molecule has 0 atom stereocenters. The lowest BCUT2D eigenvalue weighted by Crippen LogP contribution is -2.44. The predicted molar refractivity (Wildman–Crippen MR) is 188 cm³/mol. The Morgan fingerprint density at radius 1 is 0.980 bits per heavy atom. The minimum atomic E-state index is -0.515. The highest BCUT2D eigenvalue weighted by Crippen LogP contribution is 2.31. The van der Waals surface area contributed by atoms with Gasteiger partial charge in [0.25, 0.3) is 5.91 Å². The number of anilines is 4. The normalized spacial score (nSPS) is 15.3. The van der Waals surface area contributed by atoms with Crippen molar-refractivity contribution < 1.29 is 23.5 Å². The number of carbonyl (C=O) groups is 2. The molecule has 256 valence electrons. The molecule has 11 nitrogen and oxygen atoms in total. The molecule has 2 saturated heterocycles. The lowest BCUT2D eigenvalue weighted by molar-refractivity contribution is -0.117. The van der Waals surface area contributed by atoms with Crippen LogP contribution in [0, 0.1) is 19.7 Å². The van der Waals surface area contributed by atoms with Crippen molar-refractivity contribution in [2.24, 2.45) is 0 Å². The summed E-state index contributed by atoms with van der Waals surface area (Å²) in [5, 5.41) is 5.98. The number of aryl methyl sites for hydroxylation is 2. The minimum absolute atomic E-state index is 0.00749. The molecule has 2 aliphatic rings. The maximum atomic E-state index is 15.1. The van der Waals surface area contributed by atoms with Gasteiger partial charge in [0.1, 0.15) is 11.3 Å². The van der Waals surface area contributed by atoms with E-state index in [0.717, 1.165) is 56.7 Å². The van der Waals surface area contributed by atoms with Crippen LogP contribution in [0.5, 0.6) is 17.4 Å². The van der Waals surface area contributed by atoms with Crippen molar-refractivity contribution in [3.05, 3.63) is 89.4 Å². The summed E-state index contributed by atoms with van der Waals surface area (Å²) in [6, 6.07) is 17.4. The number of nitrogens with zero attached hydrogens (tertiary/aromatic N) is 5. The summed E-state index contributed by atoms with van der Waals surface area (Å²) in [5.74, 6) is -0.263. The number of hydrogen-bond acceptors (Lipinski definition) is 9. The molecule has 2 N–H and O–H groups in total. The molecule has 0 aliphatic carbocycles. The lowest BCUT2D eigenvalue weighted by Gasteiger charge is -2.32. The first-order valence-electron chi connectivity index (χ1n) is 16.7. The molecule has 2 aliphatic heterocycles. The number of para-hydroxylation sites is 1. The number of nitrogens with one attached hydrogen (secondary N) is 2. The third-order valence-electron chi connectivity index (χ3n) is 8.80. The zero-order chi connectivity index (χ0) is 34.3. The van der Waals surface area contributed by atoms with Gasteiger partial charge in [0.05, 0.1) is 6.61 Å². The van der Waals surface area contributed by atoms with Crippen molar-refractivity contribution in [2.75, 3.05) is 68.5 Å². The molecule has 0 bridgehead atoms. The van der Waals surface area contributed by atoms with Crippen molar-refractivity contribution in [1.82, 2.24) is 19.8 Å². The zero-order valence-corrected chi connectivity index (χ0v) is 28.2. The van der Waals surface area contributed by atoms with Crippen LogP contribution in [0.15, 0.2) is 66.9 Å². The van der Waals surface area contributed by atoms with Gasteiger partial charge in [-0.2, -0.15) is 4.98 Å². The summed E-state index contributed by atoms with van der Waals surface area (Å²) in [5.41, 5.74) is 3.70. The van der Waals surface area contributed by atoms with Crippen molar-refractivity contribution in [1.29, 1.82) is 0 Å². The fourth-order valence-corrected chi connectivity index (χ4v) is 5.97. The van der Waals surface area contributed by atoms with Gasteiger partial charge >= 0.3 is 0 Å². The molecule has 3 aromatic carbocycles. The topological polar surface area (TPSA) is 112 Å². The number of carbonyl (C=O) groups excluding carboxylic acids is 2. The molecule has 0 unspecified atom stereocenters. The predicted octanol–water partition coefficient (Wildman–Crippen LogP) is 6.16. The highest BCUT2D eigenvalue weighted by atomic mass is 19.1. The Bertz CT molecular complexity index is 1790. The number of ether oxygens (including phenoxy) is 2. The number of halogens is 1. The molecule has 2 amide bonds. The fraction of sp³-hybridized carbons (Fsp3) is 0.351. The van der Waals surface area contributed by atoms with Crippen LogP contribution >= 0.6 is 0 Å². The van der Waals surface area contributed by atoms with Gasteiger partial charge in [-0.1, -0.05) is 24.3 Å². The Hall–Kier alpha value is -5.07. The quantitative estimate of drug-likeness (QED) is 0.172. The van der Waals surface area contributed by atoms with Gasteiger partial charge in [-0.25, -0.2) is 9.37 Å². The molecule has 4 aromatic rings. The Kier molecular flexibility index (Phi) is 10.7. The molecule has 6 rings (SSSR count). The molecular formula is C37H42FN7O4. The summed E-state index contributed by atoms with van der Waals surface area (Å²) >= 11 is 0. The number of likely N-dealkylation sites (N-methyl/N-ethyl adjacent to an activating group) is 1. The number of amides is 2. The number of hydrogen-bond donors (Lipinski definition) is 2. The van der Waals surface area contributed by atoms with Crippen LogP contribution in [-0.2, 0) is 4.79 Å². The average Bonchev–Trinajstić information content (AvgIpc) is 3.52. The second-order valence-corrected chi connectivity index (χ2v) is 12.5. The van der Waals surface area contributed by atoms with Gasteiger partial charge in [0, 0.05) is 81.1 Å². The van der Waals surface area contributed by atoms with Crippen LogP contribution in [0.25, 0.3) is 0 Å². The van der Waals surface area contributed by atoms with Crippen LogP contribution in [0.2, 0.25) is 0 Å². The Morgan fingerprint density at radius 2 is 1.76 bits per heavy atom. The summed E-state index contributed by atoms with van der Waals surface area (Å²) in [4.78, 5) is 41.3. The van der Waals surface area contributed by atoms with Crippen LogP contribution in [0.3, 0.4) is 0 Å². The van der Waals surface area contributed by atoms with E-state index in [2.05, 4.69) is 37.4 Å². The first-order chi connectivity index (χ1) is 23.7. The largest absolute Gasteiger partial charge is 0.490 e. The van der Waals surface area contributed by atoms with E-state index in [1.165, 1.54) is 12.3 Å². The third kappa shape index (κ3) is 8.51. The average molecular weight is 668 g/mol. The fourth-order valence-electron chi connectivity index (χ4n) is 5.97. The van der Waals surface area contributed by atoms with Gasteiger partial charge in [-0.05, 0) is 69.1 Å². The summed E-state index contributed by atoms with van der Waals surface area (Å²) in [6.45, 7) is 9.96. The van der Waals surface area contributed by atoms with Crippen LogP contribution in [0.4, 0.5) is 27.4 Å². The van der Waals surface area contributed by atoms with Crippen molar-refractivity contribution in [3.63, 3.8) is 0 Å². The highest BCUT2D eigenvalue weighted by molar-refractivity contribution is 6.06. The summed E-state index contributed by atoms with van der Waals surface area (Å²) < 4.78 is 27.0. The Morgan fingerprint density at radius 3 is 2.49 bits per heavy atom. The molecule has 49 heavy (non-hydrogen) atoms. The molecular weight excluding hydrogens is 625 g/mol. The summed E-state index contributed by atoms with van der Waals surface area (Å²) in [7, 11) is 2.13. The standard InChI is InChI=1S/C37H42FN7O4/c1-25-8-4-9-26(2)34(25)41-35(47)30-24-39-37(42-36(30)49-29-11-5-10-28(23-29)45-16-6-12-33(45)46)40-27-13-14-32(31(38)22-27)48-21-7-15-44-19-17-43(3)18-20-44/h4-5,8-11,13-14,22-24H,6-7,12,15-21H2,1-3H3,(H,41,47)(H,39,40,42). The molecule has 12 heteroatoms. The molecule has 2 fully saturated rings. The van der Waals surface area contributed by atoms with E-state index in [9.17, 15) is 9.59 Å². The maximum Gasteiger partial charge on any atom is 0.262 e.